The predicted molar refractivity (Wildman–Crippen MR) is 86.6 cm³/mol. The van der Waals surface area contributed by atoms with Crippen LogP contribution in [0, 0.1) is 6.92 Å². The average Bonchev–Trinajstić information content (AvgIpc) is 2.37. The van der Waals surface area contributed by atoms with Crippen molar-refractivity contribution in [2.45, 2.75) is 6.92 Å². The van der Waals surface area contributed by atoms with Crippen molar-refractivity contribution in [1.82, 2.24) is 0 Å². The van der Waals surface area contributed by atoms with Crippen molar-refractivity contribution in [3.8, 4) is 0 Å². The Labute approximate surface area is 123 Å². The van der Waals surface area contributed by atoms with Gasteiger partial charge in [-0.1, -0.05) is 36.0 Å². The fourth-order valence-electron chi connectivity index (χ4n) is 1.97. The summed E-state index contributed by atoms with van der Waals surface area (Å²) in [5, 5.41) is 0.629. The van der Waals surface area contributed by atoms with E-state index in [1.54, 1.807) is 6.07 Å². The van der Waals surface area contributed by atoms with E-state index in [0.717, 1.165) is 16.9 Å². The third kappa shape index (κ3) is 3.06. The van der Waals surface area contributed by atoms with E-state index in [9.17, 15) is 0 Å². The Kier molecular flexibility index (Phi) is 4.08. The maximum Gasteiger partial charge on any atom is 0.106 e. The van der Waals surface area contributed by atoms with Gasteiger partial charge in [0.15, 0.2) is 0 Å². The molecule has 0 bridgehead atoms. The molecule has 0 aliphatic carbocycles. The zero-order valence-electron chi connectivity index (χ0n) is 10.9. The summed E-state index contributed by atoms with van der Waals surface area (Å²) in [6.45, 7) is 2.06. The predicted octanol–water partition coefficient (Wildman–Crippen LogP) is 4.05. The van der Waals surface area contributed by atoms with Gasteiger partial charge in [-0.2, -0.15) is 0 Å². The molecule has 0 aliphatic rings. The van der Waals surface area contributed by atoms with Crippen molar-refractivity contribution in [2.75, 3.05) is 11.9 Å². The van der Waals surface area contributed by atoms with Gasteiger partial charge in [-0.15, -0.1) is 0 Å². The fourth-order valence-corrected chi connectivity index (χ4v) is 2.31. The molecule has 2 nitrogen and oxygen atoms in total. The van der Waals surface area contributed by atoms with E-state index in [2.05, 4.69) is 24.0 Å². The number of thiocarbonyl (C=S) groups is 1. The van der Waals surface area contributed by atoms with Crippen LogP contribution < -0.4 is 10.6 Å². The standard InChI is InChI=1S/C15H15ClN2S/c1-10-4-3-5-12(8-10)18(2)14-7-6-11(16)9-13(14)15(17)19/h3-9H,1-2H3,(H2,17,19). The number of aryl methyl sites for hydroxylation is 1. The Morgan fingerprint density at radius 2 is 1.95 bits per heavy atom. The average molecular weight is 291 g/mol. The number of hydrogen-bond donors (Lipinski definition) is 1. The number of anilines is 2. The van der Waals surface area contributed by atoms with Crippen LogP contribution in [0.15, 0.2) is 42.5 Å². The van der Waals surface area contributed by atoms with Crippen LogP contribution in [0.1, 0.15) is 11.1 Å². The second kappa shape index (κ2) is 5.59. The lowest BCUT2D eigenvalue weighted by Gasteiger charge is -2.23. The molecular formula is C15H15ClN2S. The van der Waals surface area contributed by atoms with Crippen molar-refractivity contribution < 1.29 is 0 Å². The molecule has 0 spiro atoms. The summed E-state index contributed by atoms with van der Waals surface area (Å²) in [4.78, 5) is 2.40. The van der Waals surface area contributed by atoms with Gasteiger partial charge in [-0.3, -0.25) is 0 Å². The number of halogens is 1. The molecule has 2 rings (SSSR count). The van der Waals surface area contributed by atoms with E-state index in [4.69, 9.17) is 29.6 Å². The number of benzene rings is 2. The highest BCUT2D eigenvalue weighted by Crippen LogP contribution is 2.29. The molecule has 0 atom stereocenters. The highest BCUT2D eigenvalue weighted by atomic mass is 35.5. The van der Waals surface area contributed by atoms with Crippen molar-refractivity contribution >= 4 is 40.2 Å². The minimum atomic E-state index is 0.344. The summed E-state index contributed by atoms with van der Waals surface area (Å²) >= 11 is 11.1. The van der Waals surface area contributed by atoms with E-state index in [1.165, 1.54) is 5.56 Å². The first-order valence-corrected chi connectivity index (χ1v) is 6.67. The van der Waals surface area contributed by atoms with Crippen LogP contribution in [0.5, 0.6) is 0 Å². The molecule has 2 N–H and O–H groups in total. The number of rotatable bonds is 3. The molecule has 4 heteroatoms. The number of nitrogens with zero attached hydrogens (tertiary/aromatic N) is 1. The van der Waals surface area contributed by atoms with Crippen LogP contribution >= 0.6 is 23.8 Å². The first-order valence-electron chi connectivity index (χ1n) is 5.89. The monoisotopic (exact) mass is 290 g/mol. The van der Waals surface area contributed by atoms with E-state index in [1.807, 2.05) is 31.3 Å². The summed E-state index contributed by atoms with van der Waals surface area (Å²) in [6, 6.07) is 13.8. The van der Waals surface area contributed by atoms with Crippen LogP contribution in [0.25, 0.3) is 0 Å². The van der Waals surface area contributed by atoms with E-state index in [0.29, 0.717) is 10.0 Å². The zero-order chi connectivity index (χ0) is 14.0. The van der Waals surface area contributed by atoms with Crippen molar-refractivity contribution in [3.05, 3.63) is 58.6 Å². The second-order valence-electron chi connectivity index (χ2n) is 4.42. The molecule has 0 heterocycles. The van der Waals surface area contributed by atoms with E-state index < -0.39 is 0 Å². The van der Waals surface area contributed by atoms with Gasteiger partial charge >= 0.3 is 0 Å². The highest BCUT2D eigenvalue weighted by Gasteiger charge is 2.12. The third-order valence-electron chi connectivity index (χ3n) is 2.97. The van der Waals surface area contributed by atoms with Crippen LogP contribution in [0.3, 0.4) is 0 Å². The molecule has 0 aromatic heterocycles. The number of nitrogens with two attached hydrogens (primary N) is 1. The molecule has 0 saturated heterocycles. The normalized spacial score (nSPS) is 10.3. The summed E-state index contributed by atoms with van der Waals surface area (Å²) in [5.74, 6) is 0. The van der Waals surface area contributed by atoms with Crippen LogP contribution in [0.4, 0.5) is 11.4 Å². The largest absolute Gasteiger partial charge is 0.389 e. The third-order valence-corrected chi connectivity index (χ3v) is 3.43. The Balaban J connectivity index is 2.49. The molecule has 2 aromatic rings. The van der Waals surface area contributed by atoms with Gasteiger partial charge in [0, 0.05) is 23.3 Å². The summed E-state index contributed by atoms with van der Waals surface area (Å²) in [5.41, 5.74) is 9.79. The molecule has 98 valence electrons. The fraction of sp³-hybridized carbons (Fsp3) is 0.133. The lowest BCUT2D eigenvalue weighted by atomic mass is 10.1. The van der Waals surface area contributed by atoms with Crippen LogP contribution in [-0.2, 0) is 0 Å². The topological polar surface area (TPSA) is 29.3 Å². The minimum Gasteiger partial charge on any atom is -0.389 e. The van der Waals surface area contributed by atoms with E-state index in [-0.39, 0.29) is 0 Å². The van der Waals surface area contributed by atoms with Gasteiger partial charge in [0.25, 0.3) is 0 Å². The van der Waals surface area contributed by atoms with Gasteiger partial charge in [0.05, 0.1) is 5.69 Å². The lowest BCUT2D eigenvalue weighted by molar-refractivity contribution is 1.20. The van der Waals surface area contributed by atoms with Crippen molar-refractivity contribution in [2.24, 2.45) is 5.73 Å². The molecule has 0 unspecified atom stereocenters. The first kappa shape index (κ1) is 13.8. The zero-order valence-corrected chi connectivity index (χ0v) is 12.4. The SMILES string of the molecule is Cc1cccc(N(C)c2ccc(Cl)cc2C(N)=S)c1. The molecule has 0 saturated carbocycles. The molecule has 0 amide bonds. The summed E-state index contributed by atoms with van der Waals surface area (Å²) in [6.07, 6.45) is 0. The van der Waals surface area contributed by atoms with Gasteiger partial charge < -0.3 is 10.6 Å². The van der Waals surface area contributed by atoms with Crippen molar-refractivity contribution in [1.29, 1.82) is 0 Å². The Bertz CT molecular complexity index is 625. The second-order valence-corrected chi connectivity index (χ2v) is 5.30. The van der Waals surface area contributed by atoms with Gasteiger partial charge in [-0.05, 0) is 42.8 Å². The summed E-state index contributed by atoms with van der Waals surface area (Å²) < 4.78 is 0. The molecule has 0 aliphatic heterocycles. The molecule has 19 heavy (non-hydrogen) atoms. The molecular weight excluding hydrogens is 276 g/mol. The lowest BCUT2D eigenvalue weighted by Crippen LogP contribution is -2.17. The number of hydrogen-bond acceptors (Lipinski definition) is 2. The Hall–Kier alpha value is -1.58. The molecule has 0 fully saturated rings. The molecule has 2 aromatic carbocycles. The maximum absolute atomic E-state index is 6.00. The molecule has 0 radical (unpaired) electrons. The minimum absolute atomic E-state index is 0.344. The van der Waals surface area contributed by atoms with Gasteiger partial charge in [0.1, 0.15) is 4.99 Å². The van der Waals surface area contributed by atoms with Gasteiger partial charge in [-0.25, -0.2) is 0 Å². The van der Waals surface area contributed by atoms with Crippen molar-refractivity contribution in [3.63, 3.8) is 0 Å². The van der Waals surface area contributed by atoms with E-state index >= 15 is 0 Å². The highest BCUT2D eigenvalue weighted by molar-refractivity contribution is 7.80. The Morgan fingerprint density at radius 3 is 2.58 bits per heavy atom. The maximum atomic E-state index is 6.00. The summed E-state index contributed by atoms with van der Waals surface area (Å²) in [7, 11) is 1.99. The first-order chi connectivity index (χ1) is 8.99. The van der Waals surface area contributed by atoms with Crippen LogP contribution in [-0.4, -0.2) is 12.0 Å². The van der Waals surface area contributed by atoms with Gasteiger partial charge in [0.2, 0.25) is 0 Å². The quantitative estimate of drug-likeness (QED) is 0.865. The smallest absolute Gasteiger partial charge is 0.106 e. The Morgan fingerprint density at radius 1 is 1.21 bits per heavy atom. The van der Waals surface area contributed by atoms with Crippen LogP contribution in [0.2, 0.25) is 5.02 Å².